The second kappa shape index (κ2) is 5.10. The fourth-order valence-corrected chi connectivity index (χ4v) is 1.10. The predicted octanol–water partition coefficient (Wildman–Crippen LogP) is 2.07. The highest BCUT2D eigenvalue weighted by atomic mass is 16.4. The Morgan fingerprint density at radius 1 is 1.36 bits per heavy atom. The van der Waals surface area contributed by atoms with Crippen LogP contribution in [-0.4, -0.2) is 10.2 Å². The molecule has 0 aliphatic heterocycles. The normalized spacial score (nSPS) is 13.5. The SMILES string of the molecule is CCC(N)c1nnc(CCC(C)C)o1. The van der Waals surface area contributed by atoms with E-state index in [4.69, 9.17) is 10.2 Å². The molecule has 0 aliphatic carbocycles. The molecule has 2 N–H and O–H groups in total. The van der Waals surface area contributed by atoms with Crippen LogP contribution in [-0.2, 0) is 6.42 Å². The number of hydrogen-bond donors (Lipinski definition) is 1. The zero-order valence-electron chi connectivity index (χ0n) is 9.16. The minimum Gasteiger partial charge on any atom is -0.424 e. The number of nitrogens with two attached hydrogens (primary N) is 1. The summed E-state index contributed by atoms with van der Waals surface area (Å²) in [6.45, 7) is 6.35. The first-order valence-corrected chi connectivity index (χ1v) is 5.21. The Kier molecular flexibility index (Phi) is 4.07. The summed E-state index contributed by atoms with van der Waals surface area (Å²) in [6, 6.07) is -0.115. The molecule has 0 radical (unpaired) electrons. The summed E-state index contributed by atoms with van der Waals surface area (Å²) in [5.74, 6) is 1.93. The van der Waals surface area contributed by atoms with Crippen LogP contribution in [0.2, 0.25) is 0 Å². The summed E-state index contributed by atoms with van der Waals surface area (Å²) in [7, 11) is 0. The maximum absolute atomic E-state index is 5.77. The number of aryl methyl sites for hydroxylation is 1. The molecule has 1 rings (SSSR count). The fraction of sp³-hybridized carbons (Fsp3) is 0.800. The van der Waals surface area contributed by atoms with E-state index in [1.165, 1.54) is 0 Å². The molecule has 4 nitrogen and oxygen atoms in total. The van der Waals surface area contributed by atoms with Crippen molar-refractivity contribution >= 4 is 0 Å². The summed E-state index contributed by atoms with van der Waals surface area (Å²) >= 11 is 0. The lowest BCUT2D eigenvalue weighted by atomic mass is 10.1. The van der Waals surface area contributed by atoms with Gasteiger partial charge in [-0.1, -0.05) is 20.8 Å². The lowest BCUT2D eigenvalue weighted by molar-refractivity contribution is 0.401. The van der Waals surface area contributed by atoms with E-state index in [-0.39, 0.29) is 6.04 Å². The van der Waals surface area contributed by atoms with E-state index in [9.17, 15) is 0 Å². The van der Waals surface area contributed by atoms with Gasteiger partial charge in [0.25, 0.3) is 0 Å². The molecule has 1 unspecified atom stereocenters. The number of hydrogen-bond acceptors (Lipinski definition) is 4. The minimum atomic E-state index is -0.115. The van der Waals surface area contributed by atoms with Gasteiger partial charge in [0.05, 0.1) is 6.04 Å². The molecule has 1 heterocycles. The molecular weight excluding hydrogens is 178 g/mol. The van der Waals surface area contributed by atoms with Gasteiger partial charge in [0.2, 0.25) is 11.8 Å². The van der Waals surface area contributed by atoms with Gasteiger partial charge in [-0.25, -0.2) is 0 Å². The van der Waals surface area contributed by atoms with Gasteiger partial charge in [0.1, 0.15) is 0 Å². The summed E-state index contributed by atoms with van der Waals surface area (Å²) in [6.07, 6.45) is 2.75. The van der Waals surface area contributed by atoms with Crippen molar-refractivity contribution in [3.05, 3.63) is 11.8 Å². The van der Waals surface area contributed by atoms with E-state index in [1.807, 2.05) is 6.92 Å². The van der Waals surface area contributed by atoms with Crippen LogP contribution in [0.15, 0.2) is 4.42 Å². The molecule has 0 saturated heterocycles. The number of rotatable bonds is 5. The van der Waals surface area contributed by atoms with Crippen LogP contribution in [0.4, 0.5) is 0 Å². The van der Waals surface area contributed by atoms with Crippen LogP contribution < -0.4 is 5.73 Å². The Bertz CT molecular complexity index is 270. The molecule has 1 atom stereocenters. The first-order chi connectivity index (χ1) is 6.63. The lowest BCUT2D eigenvalue weighted by Gasteiger charge is -2.01. The van der Waals surface area contributed by atoms with Gasteiger partial charge < -0.3 is 10.2 Å². The number of nitrogens with zero attached hydrogens (tertiary/aromatic N) is 2. The molecule has 1 aromatic heterocycles. The van der Waals surface area contributed by atoms with Gasteiger partial charge in [-0.2, -0.15) is 0 Å². The predicted molar refractivity (Wildman–Crippen MR) is 54.7 cm³/mol. The first kappa shape index (κ1) is 11.2. The molecule has 0 saturated carbocycles. The zero-order valence-corrected chi connectivity index (χ0v) is 9.16. The maximum Gasteiger partial charge on any atom is 0.233 e. The van der Waals surface area contributed by atoms with Gasteiger partial charge in [0, 0.05) is 6.42 Å². The molecule has 0 fully saturated rings. The quantitative estimate of drug-likeness (QED) is 0.784. The van der Waals surface area contributed by atoms with E-state index < -0.39 is 0 Å². The van der Waals surface area contributed by atoms with Crippen molar-refractivity contribution in [1.29, 1.82) is 0 Å². The van der Waals surface area contributed by atoms with Crippen LogP contribution in [0.1, 0.15) is 51.4 Å². The average Bonchev–Trinajstić information content (AvgIpc) is 2.62. The minimum absolute atomic E-state index is 0.115. The molecular formula is C10H19N3O. The van der Waals surface area contributed by atoms with Crippen molar-refractivity contribution in [3.8, 4) is 0 Å². The Hall–Kier alpha value is -0.900. The zero-order chi connectivity index (χ0) is 10.6. The van der Waals surface area contributed by atoms with Crippen LogP contribution in [0.25, 0.3) is 0 Å². The summed E-state index contributed by atoms with van der Waals surface area (Å²) in [5, 5.41) is 7.88. The Labute approximate surface area is 84.9 Å². The van der Waals surface area contributed by atoms with Crippen molar-refractivity contribution in [2.75, 3.05) is 0 Å². The van der Waals surface area contributed by atoms with E-state index in [2.05, 4.69) is 24.0 Å². The summed E-state index contributed by atoms with van der Waals surface area (Å²) in [5.41, 5.74) is 5.77. The highest BCUT2D eigenvalue weighted by Crippen LogP contribution is 2.13. The van der Waals surface area contributed by atoms with Crippen molar-refractivity contribution < 1.29 is 4.42 Å². The van der Waals surface area contributed by atoms with Crippen LogP contribution in [0.5, 0.6) is 0 Å². The maximum atomic E-state index is 5.77. The molecule has 0 aromatic carbocycles. The van der Waals surface area contributed by atoms with Gasteiger partial charge in [-0.3, -0.25) is 0 Å². The van der Waals surface area contributed by atoms with Crippen molar-refractivity contribution in [3.63, 3.8) is 0 Å². The molecule has 0 spiro atoms. The third-order valence-corrected chi connectivity index (χ3v) is 2.18. The van der Waals surface area contributed by atoms with Crippen LogP contribution >= 0.6 is 0 Å². The highest BCUT2D eigenvalue weighted by molar-refractivity contribution is 4.88. The molecule has 80 valence electrons. The van der Waals surface area contributed by atoms with E-state index >= 15 is 0 Å². The molecule has 0 amide bonds. The fourth-order valence-electron chi connectivity index (χ4n) is 1.10. The topological polar surface area (TPSA) is 64.9 Å². The Morgan fingerprint density at radius 3 is 2.64 bits per heavy atom. The first-order valence-electron chi connectivity index (χ1n) is 5.21. The van der Waals surface area contributed by atoms with E-state index in [0.29, 0.717) is 17.7 Å². The molecule has 0 aliphatic rings. The van der Waals surface area contributed by atoms with Crippen LogP contribution in [0, 0.1) is 5.92 Å². The second-order valence-corrected chi connectivity index (χ2v) is 3.98. The smallest absolute Gasteiger partial charge is 0.233 e. The second-order valence-electron chi connectivity index (χ2n) is 3.98. The Balaban J connectivity index is 2.50. The summed E-state index contributed by atoms with van der Waals surface area (Å²) < 4.78 is 5.44. The standard InChI is InChI=1S/C10H19N3O/c1-4-8(11)10-13-12-9(14-10)6-5-7(2)3/h7-8H,4-6,11H2,1-3H3. The van der Waals surface area contributed by atoms with Crippen molar-refractivity contribution in [2.45, 2.75) is 46.1 Å². The van der Waals surface area contributed by atoms with Crippen LogP contribution in [0.3, 0.4) is 0 Å². The van der Waals surface area contributed by atoms with Gasteiger partial charge in [0.15, 0.2) is 0 Å². The number of aromatic nitrogens is 2. The summed E-state index contributed by atoms with van der Waals surface area (Å²) in [4.78, 5) is 0. The highest BCUT2D eigenvalue weighted by Gasteiger charge is 2.12. The Morgan fingerprint density at radius 2 is 2.07 bits per heavy atom. The lowest BCUT2D eigenvalue weighted by Crippen LogP contribution is -2.08. The monoisotopic (exact) mass is 197 g/mol. The average molecular weight is 197 g/mol. The molecule has 4 heteroatoms. The van der Waals surface area contributed by atoms with E-state index in [0.717, 1.165) is 19.3 Å². The largest absolute Gasteiger partial charge is 0.424 e. The van der Waals surface area contributed by atoms with Crippen molar-refractivity contribution in [2.24, 2.45) is 11.7 Å². The molecule has 0 bridgehead atoms. The van der Waals surface area contributed by atoms with Crippen molar-refractivity contribution in [1.82, 2.24) is 10.2 Å². The third-order valence-electron chi connectivity index (χ3n) is 2.18. The van der Waals surface area contributed by atoms with E-state index in [1.54, 1.807) is 0 Å². The van der Waals surface area contributed by atoms with Gasteiger partial charge in [-0.15, -0.1) is 10.2 Å². The van der Waals surface area contributed by atoms with Gasteiger partial charge >= 0.3 is 0 Å². The molecule has 1 aromatic rings. The molecule has 14 heavy (non-hydrogen) atoms. The third kappa shape index (κ3) is 3.10. The van der Waals surface area contributed by atoms with Gasteiger partial charge in [-0.05, 0) is 18.8 Å².